The second-order valence-corrected chi connectivity index (χ2v) is 5.01. The molecular weight excluding hydrogens is 243 g/mol. The van der Waals surface area contributed by atoms with Crippen LogP contribution in [-0.2, 0) is 0 Å². The van der Waals surface area contributed by atoms with Gasteiger partial charge in [-0.05, 0) is 52.9 Å². The first-order chi connectivity index (χ1) is 8.67. The molecule has 0 nitrogen and oxygen atoms in total. The lowest BCUT2D eigenvalue weighted by Gasteiger charge is -2.06. The van der Waals surface area contributed by atoms with Crippen LogP contribution in [0.1, 0.15) is 26.2 Å². The van der Waals surface area contributed by atoms with Gasteiger partial charge in [0, 0.05) is 0 Å². The maximum absolute atomic E-state index is 13.1. The van der Waals surface area contributed by atoms with Gasteiger partial charge in [0.2, 0.25) is 0 Å². The third kappa shape index (κ3) is 4.92. The summed E-state index contributed by atoms with van der Waals surface area (Å²) in [5.74, 6) is -0.166. The number of thioether (sulfide) groups is 1. The summed E-state index contributed by atoms with van der Waals surface area (Å²) in [7, 11) is 0. The zero-order valence-electron chi connectivity index (χ0n) is 10.8. The van der Waals surface area contributed by atoms with Crippen molar-refractivity contribution in [3.05, 3.63) is 70.8 Å². The molecule has 2 heteroatoms. The molecule has 0 bridgehead atoms. The molecule has 0 radical (unpaired) electrons. The Labute approximate surface area is 113 Å². The van der Waals surface area contributed by atoms with E-state index in [0.717, 1.165) is 23.3 Å². The van der Waals surface area contributed by atoms with E-state index in [1.807, 2.05) is 12.2 Å². The van der Waals surface area contributed by atoms with E-state index in [1.165, 1.54) is 11.6 Å². The van der Waals surface area contributed by atoms with E-state index in [-0.39, 0.29) is 5.83 Å². The molecule has 0 aromatic carbocycles. The SMILES string of the molecule is C=CCC(=C)S/C=C(\CC)C1=CCC=C(F)C=C1. The quantitative estimate of drug-likeness (QED) is 0.542. The van der Waals surface area contributed by atoms with Crippen molar-refractivity contribution in [3.63, 3.8) is 0 Å². The molecule has 0 aliphatic heterocycles. The Morgan fingerprint density at radius 2 is 2.22 bits per heavy atom. The first-order valence-corrected chi connectivity index (χ1v) is 6.94. The summed E-state index contributed by atoms with van der Waals surface area (Å²) >= 11 is 1.62. The highest BCUT2D eigenvalue weighted by atomic mass is 32.2. The van der Waals surface area contributed by atoms with Gasteiger partial charge < -0.3 is 0 Å². The number of hydrogen-bond acceptors (Lipinski definition) is 1. The van der Waals surface area contributed by atoms with Gasteiger partial charge in [0.15, 0.2) is 0 Å². The number of allylic oxidation sites excluding steroid dienone is 9. The van der Waals surface area contributed by atoms with Crippen molar-refractivity contribution in [2.24, 2.45) is 0 Å². The fourth-order valence-electron chi connectivity index (χ4n) is 1.56. The van der Waals surface area contributed by atoms with Crippen molar-refractivity contribution in [3.8, 4) is 0 Å². The molecule has 0 saturated carbocycles. The first-order valence-electron chi connectivity index (χ1n) is 6.06. The summed E-state index contributed by atoms with van der Waals surface area (Å²) in [4.78, 5) is 1.07. The molecule has 1 aliphatic carbocycles. The molecule has 0 N–H and O–H groups in total. The first kappa shape index (κ1) is 14.8. The molecule has 0 unspecified atom stereocenters. The highest BCUT2D eigenvalue weighted by Gasteiger charge is 2.03. The number of hydrogen-bond donors (Lipinski definition) is 0. The Bertz CT molecular complexity index is 436. The minimum atomic E-state index is -0.166. The lowest BCUT2D eigenvalue weighted by Crippen LogP contribution is -1.84. The fourth-order valence-corrected chi connectivity index (χ4v) is 2.39. The van der Waals surface area contributed by atoms with E-state index >= 15 is 0 Å². The highest BCUT2D eigenvalue weighted by molar-refractivity contribution is 8.05. The number of rotatable bonds is 6. The van der Waals surface area contributed by atoms with Crippen LogP contribution in [0.3, 0.4) is 0 Å². The van der Waals surface area contributed by atoms with Gasteiger partial charge in [-0.2, -0.15) is 0 Å². The normalized spacial score (nSPS) is 15.8. The van der Waals surface area contributed by atoms with Crippen LogP contribution >= 0.6 is 11.8 Å². The highest BCUT2D eigenvalue weighted by Crippen LogP contribution is 2.27. The second kappa shape index (κ2) is 7.93. The molecule has 0 aromatic heterocycles. The Hall–Kier alpha value is -1.28. The van der Waals surface area contributed by atoms with Gasteiger partial charge in [-0.15, -0.1) is 18.3 Å². The second-order valence-electron chi connectivity index (χ2n) is 3.96. The topological polar surface area (TPSA) is 0 Å². The predicted molar refractivity (Wildman–Crippen MR) is 81.0 cm³/mol. The molecule has 1 rings (SSSR count). The van der Waals surface area contributed by atoms with Gasteiger partial charge >= 0.3 is 0 Å². The van der Waals surface area contributed by atoms with Crippen LogP contribution in [0, 0.1) is 0 Å². The predicted octanol–water partition coefficient (Wildman–Crippen LogP) is 5.84. The maximum Gasteiger partial charge on any atom is 0.119 e. The van der Waals surface area contributed by atoms with Crippen molar-refractivity contribution < 1.29 is 4.39 Å². The molecule has 0 atom stereocenters. The standard InChI is InChI=1S/C16H19FS/c1-4-7-13(3)18-12-14(5-2)15-8-6-9-16(17)11-10-15/h4,8-12H,1,3,5-7H2,2H3/b14-12+. The van der Waals surface area contributed by atoms with E-state index < -0.39 is 0 Å². The largest absolute Gasteiger partial charge is 0.207 e. The van der Waals surface area contributed by atoms with Crippen molar-refractivity contribution in [1.29, 1.82) is 0 Å². The van der Waals surface area contributed by atoms with Gasteiger partial charge in [0.1, 0.15) is 5.83 Å². The van der Waals surface area contributed by atoms with Gasteiger partial charge in [-0.25, -0.2) is 4.39 Å². The van der Waals surface area contributed by atoms with Crippen LogP contribution in [0.2, 0.25) is 0 Å². The zero-order valence-corrected chi connectivity index (χ0v) is 11.6. The average Bonchev–Trinajstić information content (AvgIpc) is 2.56. The molecule has 1 aliphatic rings. The van der Waals surface area contributed by atoms with Crippen LogP contribution in [0.25, 0.3) is 0 Å². The van der Waals surface area contributed by atoms with E-state index in [4.69, 9.17) is 0 Å². The van der Waals surface area contributed by atoms with Crippen molar-refractivity contribution in [1.82, 2.24) is 0 Å². The average molecular weight is 262 g/mol. The van der Waals surface area contributed by atoms with Crippen LogP contribution in [0.4, 0.5) is 4.39 Å². The van der Waals surface area contributed by atoms with E-state index in [2.05, 4.69) is 31.6 Å². The van der Waals surface area contributed by atoms with Gasteiger partial charge in [0.05, 0.1) is 0 Å². The Kier molecular flexibility index (Phi) is 6.51. The molecule has 0 fully saturated rings. The van der Waals surface area contributed by atoms with Gasteiger partial charge in [0.25, 0.3) is 0 Å². The Balaban J connectivity index is 2.75. The molecule has 0 spiro atoms. The van der Waals surface area contributed by atoms with Crippen molar-refractivity contribution >= 4 is 11.8 Å². The third-order valence-corrected chi connectivity index (χ3v) is 3.47. The Morgan fingerprint density at radius 3 is 2.89 bits per heavy atom. The summed E-state index contributed by atoms with van der Waals surface area (Å²) < 4.78 is 13.1. The molecule has 96 valence electrons. The fraction of sp³-hybridized carbons (Fsp3) is 0.250. The summed E-state index contributed by atoms with van der Waals surface area (Å²) in [6.07, 6.45) is 11.2. The van der Waals surface area contributed by atoms with E-state index in [1.54, 1.807) is 17.8 Å². The van der Waals surface area contributed by atoms with Crippen LogP contribution in [0.15, 0.2) is 70.8 Å². The lowest BCUT2D eigenvalue weighted by molar-refractivity contribution is 0.663. The lowest BCUT2D eigenvalue weighted by atomic mass is 10.0. The summed E-state index contributed by atoms with van der Waals surface area (Å²) in [5.41, 5.74) is 2.31. The van der Waals surface area contributed by atoms with Gasteiger partial charge in [-0.1, -0.05) is 31.7 Å². The Morgan fingerprint density at radius 1 is 1.44 bits per heavy atom. The maximum atomic E-state index is 13.1. The molecular formula is C16H19FS. The summed E-state index contributed by atoms with van der Waals surface area (Å²) in [6, 6.07) is 0. The van der Waals surface area contributed by atoms with Gasteiger partial charge in [-0.3, -0.25) is 0 Å². The van der Waals surface area contributed by atoms with Crippen molar-refractivity contribution in [2.75, 3.05) is 0 Å². The monoisotopic (exact) mass is 262 g/mol. The van der Waals surface area contributed by atoms with E-state index in [9.17, 15) is 4.39 Å². The molecule has 18 heavy (non-hydrogen) atoms. The smallest absolute Gasteiger partial charge is 0.119 e. The zero-order chi connectivity index (χ0) is 13.4. The summed E-state index contributed by atoms with van der Waals surface area (Å²) in [6.45, 7) is 9.76. The van der Waals surface area contributed by atoms with Crippen LogP contribution in [0.5, 0.6) is 0 Å². The minimum absolute atomic E-state index is 0.166. The molecule has 0 heterocycles. The van der Waals surface area contributed by atoms with Crippen LogP contribution in [-0.4, -0.2) is 0 Å². The van der Waals surface area contributed by atoms with Crippen molar-refractivity contribution in [2.45, 2.75) is 26.2 Å². The minimum Gasteiger partial charge on any atom is -0.207 e. The van der Waals surface area contributed by atoms with E-state index in [0.29, 0.717) is 6.42 Å². The number of halogens is 1. The molecule has 0 amide bonds. The molecule has 0 aromatic rings. The summed E-state index contributed by atoms with van der Waals surface area (Å²) in [5, 5.41) is 2.10. The third-order valence-electron chi connectivity index (χ3n) is 2.56. The van der Waals surface area contributed by atoms with Crippen LogP contribution < -0.4 is 0 Å². The molecule has 0 saturated heterocycles.